The van der Waals surface area contributed by atoms with Crippen LogP contribution in [0.4, 0.5) is 0 Å². The standard InChI is InChI=1S/C28H36BrClN2O3/c1-4-25(28(34)31-23-8-6-5-7-9-23)32(17-20-10-13-22(30)14-11-20)27(33)18-35-26-15-12-21(19(2)3)16-24(26)29/h10-16,19,23,25H,4-9,17-18H2,1-3H3,(H,31,34)/t25-/m0/s1. The fourth-order valence-corrected chi connectivity index (χ4v) is 5.10. The molecule has 0 bridgehead atoms. The van der Waals surface area contributed by atoms with Gasteiger partial charge in [-0.3, -0.25) is 9.59 Å². The van der Waals surface area contributed by atoms with Crippen molar-refractivity contribution in [1.82, 2.24) is 10.2 Å². The second kappa shape index (κ2) is 13.3. The molecule has 0 heterocycles. The van der Waals surface area contributed by atoms with Crippen LogP contribution in [-0.4, -0.2) is 35.4 Å². The first-order valence-electron chi connectivity index (χ1n) is 12.5. The van der Waals surface area contributed by atoms with Crippen molar-refractivity contribution in [2.45, 2.75) is 83.8 Å². The van der Waals surface area contributed by atoms with E-state index >= 15 is 0 Å². The van der Waals surface area contributed by atoms with E-state index in [-0.39, 0.29) is 24.5 Å². The molecule has 0 unspecified atom stereocenters. The van der Waals surface area contributed by atoms with Crippen LogP contribution in [0.5, 0.6) is 5.75 Å². The van der Waals surface area contributed by atoms with Gasteiger partial charge in [-0.2, -0.15) is 0 Å². The molecule has 1 N–H and O–H groups in total. The minimum absolute atomic E-state index is 0.0934. The third-order valence-electron chi connectivity index (χ3n) is 6.58. The molecule has 7 heteroatoms. The SMILES string of the molecule is CC[C@@H](C(=O)NC1CCCCC1)N(Cc1ccc(Cl)cc1)C(=O)COc1ccc(C(C)C)cc1Br. The number of carbonyl (C=O) groups is 2. The number of rotatable bonds is 10. The Morgan fingerprint density at radius 3 is 2.40 bits per heavy atom. The Kier molecular flexibility index (Phi) is 10.5. The van der Waals surface area contributed by atoms with E-state index in [9.17, 15) is 9.59 Å². The summed E-state index contributed by atoms with van der Waals surface area (Å²) in [4.78, 5) is 28.4. The number of amides is 2. The highest BCUT2D eigenvalue weighted by molar-refractivity contribution is 9.10. The number of halogens is 2. The number of ether oxygens (including phenoxy) is 1. The zero-order valence-electron chi connectivity index (χ0n) is 20.9. The Morgan fingerprint density at radius 2 is 1.80 bits per heavy atom. The number of nitrogens with one attached hydrogen (secondary N) is 1. The average molecular weight is 564 g/mol. The van der Waals surface area contributed by atoms with Crippen molar-refractivity contribution in [3.05, 3.63) is 63.1 Å². The molecule has 1 aliphatic carbocycles. The Bertz CT molecular complexity index is 990. The molecule has 0 saturated heterocycles. The highest BCUT2D eigenvalue weighted by Crippen LogP contribution is 2.29. The Labute approximate surface area is 222 Å². The molecular formula is C28H36BrClN2O3. The molecule has 1 aliphatic rings. The molecule has 1 atom stereocenters. The largest absolute Gasteiger partial charge is 0.483 e. The van der Waals surface area contributed by atoms with Gasteiger partial charge in [-0.1, -0.05) is 69.8 Å². The van der Waals surface area contributed by atoms with Crippen LogP contribution in [0.15, 0.2) is 46.9 Å². The maximum atomic E-state index is 13.5. The van der Waals surface area contributed by atoms with Crippen LogP contribution in [0.25, 0.3) is 0 Å². The third kappa shape index (κ3) is 7.97. The predicted octanol–water partition coefficient (Wildman–Crippen LogP) is 6.86. The average Bonchev–Trinajstić information content (AvgIpc) is 2.84. The normalized spacial score (nSPS) is 15.0. The monoisotopic (exact) mass is 562 g/mol. The zero-order valence-corrected chi connectivity index (χ0v) is 23.2. The summed E-state index contributed by atoms with van der Waals surface area (Å²) in [5.41, 5.74) is 2.10. The molecule has 190 valence electrons. The maximum absolute atomic E-state index is 13.5. The van der Waals surface area contributed by atoms with Gasteiger partial charge in [0, 0.05) is 17.6 Å². The zero-order chi connectivity index (χ0) is 25.4. The van der Waals surface area contributed by atoms with E-state index in [0.717, 1.165) is 35.7 Å². The van der Waals surface area contributed by atoms with Gasteiger partial charge in [-0.05, 0) is 76.5 Å². The Morgan fingerprint density at radius 1 is 1.11 bits per heavy atom. The van der Waals surface area contributed by atoms with Crippen LogP contribution in [0.2, 0.25) is 5.02 Å². The van der Waals surface area contributed by atoms with E-state index in [1.54, 1.807) is 17.0 Å². The molecule has 35 heavy (non-hydrogen) atoms. The number of hydrogen-bond acceptors (Lipinski definition) is 3. The van der Waals surface area contributed by atoms with Crippen molar-refractivity contribution in [3.63, 3.8) is 0 Å². The molecule has 1 saturated carbocycles. The van der Waals surface area contributed by atoms with E-state index in [4.69, 9.17) is 16.3 Å². The smallest absolute Gasteiger partial charge is 0.261 e. The van der Waals surface area contributed by atoms with Gasteiger partial charge in [0.15, 0.2) is 6.61 Å². The molecule has 2 aromatic carbocycles. The lowest BCUT2D eigenvalue weighted by Gasteiger charge is -2.32. The van der Waals surface area contributed by atoms with Crippen molar-refractivity contribution >= 4 is 39.3 Å². The minimum Gasteiger partial charge on any atom is -0.483 e. The van der Waals surface area contributed by atoms with Gasteiger partial charge < -0.3 is 15.0 Å². The number of benzene rings is 2. The minimum atomic E-state index is -0.574. The Balaban J connectivity index is 1.76. The van der Waals surface area contributed by atoms with Crippen LogP contribution in [0, 0.1) is 0 Å². The summed E-state index contributed by atoms with van der Waals surface area (Å²) >= 11 is 9.61. The molecule has 0 spiro atoms. The fourth-order valence-electron chi connectivity index (χ4n) is 4.47. The van der Waals surface area contributed by atoms with E-state index in [1.165, 1.54) is 12.0 Å². The van der Waals surface area contributed by atoms with E-state index < -0.39 is 6.04 Å². The van der Waals surface area contributed by atoms with Gasteiger partial charge in [0.05, 0.1) is 4.47 Å². The van der Waals surface area contributed by atoms with Gasteiger partial charge in [-0.15, -0.1) is 0 Å². The first-order chi connectivity index (χ1) is 16.8. The van der Waals surface area contributed by atoms with Crippen LogP contribution >= 0.6 is 27.5 Å². The highest BCUT2D eigenvalue weighted by atomic mass is 79.9. The summed E-state index contributed by atoms with van der Waals surface area (Å²) in [6.07, 6.45) is 6.00. The fraction of sp³-hybridized carbons (Fsp3) is 0.500. The van der Waals surface area contributed by atoms with Crippen LogP contribution in [0.3, 0.4) is 0 Å². The molecule has 0 radical (unpaired) electrons. The van der Waals surface area contributed by atoms with Crippen LogP contribution in [-0.2, 0) is 16.1 Å². The summed E-state index contributed by atoms with van der Waals surface area (Å²) < 4.78 is 6.71. The van der Waals surface area contributed by atoms with Crippen molar-refractivity contribution in [2.75, 3.05) is 6.61 Å². The molecule has 5 nitrogen and oxygen atoms in total. The third-order valence-corrected chi connectivity index (χ3v) is 7.45. The number of nitrogens with zero attached hydrogens (tertiary/aromatic N) is 1. The Hall–Kier alpha value is -2.05. The van der Waals surface area contributed by atoms with Crippen LogP contribution < -0.4 is 10.1 Å². The second-order valence-corrected chi connectivity index (χ2v) is 10.8. The van der Waals surface area contributed by atoms with E-state index in [2.05, 4.69) is 35.1 Å². The molecule has 2 aromatic rings. The predicted molar refractivity (Wildman–Crippen MR) is 145 cm³/mol. The van der Waals surface area contributed by atoms with Gasteiger partial charge in [0.1, 0.15) is 11.8 Å². The summed E-state index contributed by atoms with van der Waals surface area (Å²) in [6.45, 7) is 6.35. The van der Waals surface area contributed by atoms with E-state index in [0.29, 0.717) is 29.7 Å². The summed E-state index contributed by atoms with van der Waals surface area (Å²) in [5, 5.41) is 3.83. The second-order valence-electron chi connectivity index (χ2n) is 9.55. The van der Waals surface area contributed by atoms with Crippen molar-refractivity contribution < 1.29 is 14.3 Å². The topological polar surface area (TPSA) is 58.6 Å². The van der Waals surface area contributed by atoms with Crippen molar-refractivity contribution in [1.29, 1.82) is 0 Å². The molecule has 3 rings (SSSR count). The lowest BCUT2D eigenvalue weighted by molar-refractivity contribution is -0.143. The molecule has 0 aliphatic heterocycles. The summed E-state index contributed by atoms with van der Waals surface area (Å²) in [7, 11) is 0. The number of carbonyl (C=O) groups excluding carboxylic acids is 2. The lowest BCUT2D eigenvalue weighted by atomic mass is 9.95. The lowest BCUT2D eigenvalue weighted by Crippen LogP contribution is -2.52. The molecule has 2 amide bonds. The molecule has 0 aromatic heterocycles. The number of hydrogen-bond donors (Lipinski definition) is 1. The van der Waals surface area contributed by atoms with Crippen molar-refractivity contribution in [2.24, 2.45) is 0 Å². The highest BCUT2D eigenvalue weighted by Gasteiger charge is 2.30. The molecular weight excluding hydrogens is 528 g/mol. The quantitative estimate of drug-likeness (QED) is 0.343. The van der Waals surface area contributed by atoms with Gasteiger partial charge in [0.2, 0.25) is 5.91 Å². The van der Waals surface area contributed by atoms with E-state index in [1.807, 2.05) is 37.3 Å². The van der Waals surface area contributed by atoms with Gasteiger partial charge >= 0.3 is 0 Å². The van der Waals surface area contributed by atoms with Gasteiger partial charge in [-0.25, -0.2) is 0 Å². The van der Waals surface area contributed by atoms with Crippen LogP contribution in [0.1, 0.15) is 76.3 Å². The summed E-state index contributed by atoms with van der Waals surface area (Å²) in [5.74, 6) is 0.674. The van der Waals surface area contributed by atoms with Gasteiger partial charge in [0.25, 0.3) is 5.91 Å². The maximum Gasteiger partial charge on any atom is 0.261 e. The first kappa shape index (κ1) is 27.5. The molecule has 1 fully saturated rings. The summed E-state index contributed by atoms with van der Waals surface area (Å²) in [6, 6.07) is 12.9. The van der Waals surface area contributed by atoms with Crippen molar-refractivity contribution in [3.8, 4) is 5.75 Å². The first-order valence-corrected chi connectivity index (χ1v) is 13.7.